The van der Waals surface area contributed by atoms with Crippen LogP contribution in [0, 0.1) is 0 Å². The smallest absolute Gasteiger partial charge is 0.306 e. The number of nitrogens with zero attached hydrogens (tertiary/aromatic N) is 1. The van der Waals surface area contributed by atoms with E-state index in [4.69, 9.17) is 18.5 Å². The number of hydrogen-bond acceptors (Lipinski definition) is 8. The second-order valence-corrected chi connectivity index (χ2v) is 22.0. The lowest BCUT2D eigenvalue weighted by Crippen LogP contribution is -2.37. The predicted octanol–water partition coefficient (Wildman–Crippen LogP) is 17.6. The minimum atomic E-state index is -4.65. The lowest BCUT2D eigenvalue weighted by atomic mass is 10.0. The standard InChI is InChI=1S/C62H110NO8P/c1-6-8-10-12-14-16-18-20-22-24-26-28-29-30-31-32-33-35-37-39-41-43-45-47-49-51-53-55-62(65)71-60(59-70-72(66,67)69-57-56-63(3,4)5)58-68-61(64)54-52-50-48-46-44-42-40-38-36-34-27-25-23-21-19-17-15-13-11-9-7-2/h8,10,14,16,20,22,26,28,30-31,33,35,39,41,60H,6-7,9,11-13,15,17-19,21,23-25,27,29,32,34,36-38,40,42-59H2,1-5H3/b10-8-,16-14-,22-20-,28-26-,31-30-,35-33-,41-39-. The van der Waals surface area contributed by atoms with Gasteiger partial charge < -0.3 is 27.9 Å². The molecular formula is C62H110NO8P. The van der Waals surface area contributed by atoms with Crippen molar-refractivity contribution in [2.24, 2.45) is 0 Å². The van der Waals surface area contributed by atoms with Crippen LogP contribution in [0.1, 0.15) is 245 Å². The maximum atomic E-state index is 12.8. The van der Waals surface area contributed by atoms with E-state index in [0.29, 0.717) is 17.4 Å². The molecule has 0 spiro atoms. The average Bonchev–Trinajstić information content (AvgIpc) is 3.34. The van der Waals surface area contributed by atoms with E-state index in [-0.39, 0.29) is 32.0 Å². The van der Waals surface area contributed by atoms with Crippen LogP contribution in [0.3, 0.4) is 0 Å². The van der Waals surface area contributed by atoms with Crippen LogP contribution < -0.4 is 4.89 Å². The quantitative estimate of drug-likeness (QED) is 0.0195. The van der Waals surface area contributed by atoms with Crippen LogP contribution in [0.4, 0.5) is 0 Å². The number of carbonyl (C=O) groups excluding carboxylic acids is 2. The first-order valence-electron chi connectivity index (χ1n) is 29.3. The topological polar surface area (TPSA) is 111 Å². The van der Waals surface area contributed by atoms with Crippen molar-refractivity contribution in [3.05, 3.63) is 85.1 Å². The maximum Gasteiger partial charge on any atom is 0.306 e. The molecule has 0 bridgehead atoms. The van der Waals surface area contributed by atoms with Gasteiger partial charge in [0.2, 0.25) is 0 Å². The monoisotopic (exact) mass is 1030 g/mol. The van der Waals surface area contributed by atoms with Crippen molar-refractivity contribution in [3.8, 4) is 0 Å². The van der Waals surface area contributed by atoms with Gasteiger partial charge in [0.25, 0.3) is 7.82 Å². The average molecular weight is 1030 g/mol. The Labute approximate surface area is 443 Å². The van der Waals surface area contributed by atoms with E-state index in [1.807, 2.05) is 21.1 Å². The van der Waals surface area contributed by atoms with E-state index in [2.05, 4.69) is 98.9 Å². The molecular weight excluding hydrogens is 918 g/mol. The third kappa shape index (κ3) is 56.5. The fourth-order valence-corrected chi connectivity index (χ4v) is 8.66. The second-order valence-electron chi connectivity index (χ2n) is 20.6. The highest BCUT2D eigenvalue weighted by molar-refractivity contribution is 7.45. The van der Waals surface area contributed by atoms with Crippen molar-refractivity contribution in [2.45, 2.75) is 251 Å². The van der Waals surface area contributed by atoms with Crippen LogP contribution >= 0.6 is 7.82 Å². The zero-order chi connectivity index (χ0) is 52.7. The molecule has 0 N–H and O–H groups in total. The van der Waals surface area contributed by atoms with Gasteiger partial charge in [-0.2, -0.15) is 0 Å². The Morgan fingerprint density at radius 3 is 1.18 bits per heavy atom. The Morgan fingerprint density at radius 1 is 0.444 bits per heavy atom. The van der Waals surface area contributed by atoms with Crippen molar-refractivity contribution in [1.29, 1.82) is 0 Å². The second kappa shape index (κ2) is 53.0. The van der Waals surface area contributed by atoms with Gasteiger partial charge in [0, 0.05) is 12.8 Å². The molecule has 0 aromatic heterocycles. The van der Waals surface area contributed by atoms with Gasteiger partial charge in [0.05, 0.1) is 27.7 Å². The zero-order valence-electron chi connectivity index (χ0n) is 47.1. The molecule has 0 heterocycles. The molecule has 0 fully saturated rings. The van der Waals surface area contributed by atoms with Crippen LogP contribution in [0.25, 0.3) is 0 Å². The SMILES string of the molecule is CC/C=C\C/C=C\C/C=C\C/C=C\C/C=C\C/C=C\C/C=C\CCCCCCCC(=O)OC(COC(=O)CCCCCCCCCCCCCCCCCCCCCCC)COP(=O)([O-])OCC[N+](C)(C)C. The van der Waals surface area contributed by atoms with E-state index in [0.717, 1.165) is 96.3 Å². The number of rotatable bonds is 53. The molecule has 0 aliphatic carbocycles. The van der Waals surface area contributed by atoms with E-state index in [1.54, 1.807) is 0 Å². The summed E-state index contributed by atoms with van der Waals surface area (Å²) >= 11 is 0. The molecule has 9 nitrogen and oxygen atoms in total. The van der Waals surface area contributed by atoms with E-state index in [1.165, 1.54) is 116 Å². The molecule has 2 atom stereocenters. The summed E-state index contributed by atoms with van der Waals surface area (Å²) in [5.41, 5.74) is 0. The fourth-order valence-electron chi connectivity index (χ4n) is 7.93. The number of likely N-dealkylation sites (N-methyl/N-ethyl adjacent to an activating group) is 1. The molecule has 0 aromatic rings. The summed E-state index contributed by atoms with van der Waals surface area (Å²) in [6.45, 7) is 4.12. The summed E-state index contributed by atoms with van der Waals surface area (Å²) in [7, 11) is 1.15. The van der Waals surface area contributed by atoms with Crippen molar-refractivity contribution >= 4 is 19.8 Å². The maximum absolute atomic E-state index is 12.8. The first-order valence-corrected chi connectivity index (χ1v) is 30.8. The zero-order valence-corrected chi connectivity index (χ0v) is 48.0. The van der Waals surface area contributed by atoms with E-state index in [9.17, 15) is 19.0 Å². The van der Waals surface area contributed by atoms with E-state index >= 15 is 0 Å². The molecule has 0 amide bonds. The minimum absolute atomic E-state index is 0.0379. The number of ether oxygens (including phenoxy) is 2. The molecule has 0 saturated heterocycles. The van der Waals surface area contributed by atoms with Crippen LogP contribution in [0.15, 0.2) is 85.1 Å². The Kier molecular flexibility index (Phi) is 51.0. The normalized spacial score (nSPS) is 13.9. The van der Waals surface area contributed by atoms with Crippen molar-refractivity contribution in [1.82, 2.24) is 0 Å². The number of hydrogen-bond donors (Lipinski definition) is 0. The summed E-state index contributed by atoms with van der Waals surface area (Å²) in [5, 5.41) is 0. The molecule has 2 unspecified atom stereocenters. The summed E-state index contributed by atoms with van der Waals surface area (Å²) in [6.07, 6.45) is 70.5. The summed E-state index contributed by atoms with van der Waals surface area (Å²) in [5.74, 6) is -0.852. The Morgan fingerprint density at radius 2 is 0.792 bits per heavy atom. The first kappa shape index (κ1) is 69.2. The van der Waals surface area contributed by atoms with Gasteiger partial charge >= 0.3 is 11.9 Å². The van der Waals surface area contributed by atoms with Gasteiger partial charge in [0.1, 0.15) is 19.8 Å². The Hall–Kier alpha value is -2.81. The van der Waals surface area contributed by atoms with Crippen LogP contribution in [-0.2, 0) is 32.7 Å². The highest BCUT2D eigenvalue weighted by Crippen LogP contribution is 2.38. The fraction of sp³-hybridized carbons (Fsp3) is 0.742. The number of phosphoric ester groups is 1. The molecule has 0 aliphatic heterocycles. The summed E-state index contributed by atoms with van der Waals surface area (Å²) in [6, 6.07) is 0. The summed E-state index contributed by atoms with van der Waals surface area (Å²) < 4.78 is 34.2. The predicted molar refractivity (Wildman–Crippen MR) is 305 cm³/mol. The molecule has 10 heteroatoms. The largest absolute Gasteiger partial charge is 0.756 e. The number of esters is 2. The lowest BCUT2D eigenvalue weighted by Gasteiger charge is -2.28. The first-order chi connectivity index (χ1) is 35.0. The highest BCUT2D eigenvalue weighted by atomic mass is 31.2. The van der Waals surface area contributed by atoms with Crippen molar-refractivity contribution in [2.75, 3.05) is 47.5 Å². The third-order valence-electron chi connectivity index (χ3n) is 12.4. The van der Waals surface area contributed by atoms with Gasteiger partial charge in [0.15, 0.2) is 6.10 Å². The molecule has 0 aromatic carbocycles. The third-order valence-corrected chi connectivity index (χ3v) is 13.4. The number of carbonyl (C=O) groups is 2. The van der Waals surface area contributed by atoms with Gasteiger partial charge in [-0.3, -0.25) is 14.2 Å². The molecule has 0 radical (unpaired) electrons. The summed E-state index contributed by atoms with van der Waals surface area (Å²) in [4.78, 5) is 37.9. The van der Waals surface area contributed by atoms with E-state index < -0.39 is 26.5 Å². The molecule has 416 valence electrons. The molecule has 0 rings (SSSR count). The van der Waals surface area contributed by atoms with Crippen LogP contribution in [-0.4, -0.2) is 70.0 Å². The molecule has 72 heavy (non-hydrogen) atoms. The van der Waals surface area contributed by atoms with Gasteiger partial charge in [-0.25, -0.2) is 0 Å². The minimum Gasteiger partial charge on any atom is -0.756 e. The molecule has 0 saturated carbocycles. The van der Waals surface area contributed by atoms with Gasteiger partial charge in [-0.05, 0) is 70.6 Å². The number of unbranched alkanes of at least 4 members (excludes halogenated alkanes) is 25. The van der Waals surface area contributed by atoms with Crippen LogP contribution in [0.2, 0.25) is 0 Å². The Bertz CT molecular complexity index is 1490. The number of phosphoric acid groups is 1. The van der Waals surface area contributed by atoms with Gasteiger partial charge in [-0.15, -0.1) is 0 Å². The van der Waals surface area contributed by atoms with Crippen molar-refractivity contribution in [3.63, 3.8) is 0 Å². The van der Waals surface area contributed by atoms with Crippen molar-refractivity contribution < 1.29 is 42.1 Å². The molecule has 0 aliphatic rings. The lowest BCUT2D eigenvalue weighted by molar-refractivity contribution is -0.870. The number of quaternary nitrogens is 1. The Balaban J connectivity index is 4.23. The number of allylic oxidation sites excluding steroid dienone is 14. The highest BCUT2D eigenvalue weighted by Gasteiger charge is 2.22. The van der Waals surface area contributed by atoms with Gasteiger partial charge in [-0.1, -0.05) is 247 Å². The van der Waals surface area contributed by atoms with Crippen LogP contribution in [0.5, 0.6) is 0 Å².